The van der Waals surface area contributed by atoms with Crippen LogP contribution in [0.5, 0.6) is 0 Å². The van der Waals surface area contributed by atoms with Gasteiger partial charge in [0.1, 0.15) is 5.82 Å². The Balaban J connectivity index is 1.81. The zero-order chi connectivity index (χ0) is 14.4. The lowest BCUT2D eigenvalue weighted by Gasteiger charge is -2.36. The summed E-state index contributed by atoms with van der Waals surface area (Å²) >= 11 is 0. The van der Waals surface area contributed by atoms with E-state index in [0.717, 1.165) is 44.5 Å². The number of nitrogens with two attached hydrogens (primary N) is 1. The summed E-state index contributed by atoms with van der Waals surface area (Å²) in [7, 11) is 0. The number of benzene rings is 1. The number of nitrogens with zero attached hydrogens (tertiary/aromatic N) is 1. The molecule has 3 nitrogen and oxygen atoms in total. The first-order valence-corrected chi connectivity index (χ1v) is 7.52. The Labute approximate surface area is 120 Å². The molecule has 112 valence electrons. The van der Waals surface area contributed by atoms with Crippen molar-refractivity contribution >= 4 is 0 Å². The predicted octanol–water partition coefficient (Wildman–Crippen LogP) is 2.72. The zero-order valence-corrected chi connectivity index (χ0v) is 12.2. The van der Waals surface area contributed by atoms with Crippen molar-refractivity contribution < 1.29 is 9.13 Å². The van der Waals surface area contributed by atoms with Crippen LogP contribution >= 0.6 is 0 Å². The molecule has 0 bridgehead atoms. The molecule has 0 aromatic heterocycles. The molecule has 2 rings (SSSR count). The maximum absolute atomic E-state index is 13.3. The van der Waals surface area contributed by atoms with Gasteiger partial charge in [-0.15, -0.1) is 0 Å². The van der Waals surface area contributed by atoms with Crippen LogP contribution < -0.4 is 5.73 Å². The molecule has 4 heteroatoms. The van der Waals surface area contributed by atoms with Gasteiger partial charge in [-0.2, -0.15) is 0 Å². The van der Waals surface area contributed by atoms with Gasteiger partial charge in [0, 0.05) is 25.7 Å². The predicted molar refractivity (Wildman–Crippen MR) is 79.0 cm³/mol. The molecule has 1 aromatic carbocycles. The highest BCUT2D eigenvalue weighted by molar-refractivity contribution is 5.19. The van der Waals surface area contributed by atoms with Gasteiger partial charge in [0.15, 0.2) is 0 Å². The molecule has 0 saturated carbocycles. The van der Waals surface area contributed by atoms with Gasteiger partial charge in [-0.1, -0.05) is 12.1 Å². The number of rotatable bonds is 6. The number of piperidine rings is 1. The quantitative estimate of drug-likeness (QED) is 0.814. The minimum atomic E-state index is -0.158. The van der Waals surface area contributed by atoms with Gasteiger partial charge in [-0.05, 0) is 50.4 Å². The Bertz CT molecular complexity index is 405. The number of hydrogen-bond donors (Lipinski definition) is 1. The fourth-order valence-electron chi connectivity index (χ4n) is 2.74. The first kappa shape index (κ1) is 15.4. The summed E-state index contributed by atoms with van der Waals surface area (Å²) in [4.78, 5) is 2.40. The van der Waals surface area contributed by atoms with Crippen LogP contribution in [0.15, 0.2) is 24.3 Å². The third kappa shape index (κ3) is 4.27. The minimum Gasteiger partial charge on any atom is -0.378 e. The summed E-state index contributed by atoms with van der Waals surface area (Å²) in [6, 6.07) is 7.17. The van der Waals surface area contributed by atoms with E-state index in [4.69, 9.17) is 10.5 Å². The third-order valence-electron chi connectivity index (χ3n) is 4.06. The van der Waals surface area contributed by atoms with Crippen LogP contribution in [0.25, 0.3) is 0 Å². The molecule has 1 aromatic rings. The average Bonchev–Trinajstić information content (AvgIpc) is 2.47. The second-order valence-corrected chi connectivity index (χ2v) is 5.48. The third-order valence-corrected chi connectivity index (χ3v) is 4.06. The lowest BCUT2D eigenvalue weighted by atomic mass is 10.0. The maximum atomic E-state index is 13.3. The van der Waals surface area contributed by atoms with Crippen molar-refractivity contribution in [2.45, 2.75) is 38.3 Å². The molecule has 1 unspecified atom stereocenters. The van der Waals surface area contributed by atoms with Gasteiger partial charge in [0.2, 0.25) is 0 Å². The van der Waals surface area contributed by atoms with Crippen molar-refractivity contribution in [1.29, 1.82) is 0 Å². The number of likely N-dealkylation sites (tertiary alicyclic amines) is 1. The molecule has 0 spiro atoms. The SMILES string of the molecule is CC(c1cccc(F)c1)N1CCC(OCCCN)CC1. The van der Waals surface area contributed by atoms with Gasteiger partial charge in [0.25, 0.3) is 0 Å². The lowest BCUT2D eigenvalue weighted by molar-refractivity contribution is -0.000772. The lowest BCUT2D eigenvalue weighted by Crippen LogP contribution is -2.38. The molecule has 20 heavy (non-hydrogen) atoms. The van der Waals surface area contributed by atoms with E-state index in [9.17, 15) is 4.39 Å². The molecule has 2 N–H and O–H groups in total. The van der Waals surface area contributed by atoms with Crippen LogP contribution in [0.3, 0.4) is 0 Å². The van der Waals surface area contributed by atoms with Crippen LogP contribution in [0.2, 0.25) is 0 Å². The number of halogens is 1. The Morgan fingerprint density at radius 2 is 2.15 bits per heavy atom. The smallest absolute Gasteiger partial charge is 0.123 e. The van der Waals surface area contributed by atoms with Crippen molar-refractivity contribution in [1.82, 2.24) is 4.90 Å². The average molecular weight is 280 g/mol. The van der Waals surface area contributed by atoms with Gasteiger partial charge in [0.05, 0.1) is 6.10 Å². The Kier molecular flexibility index (Phi) is 5.95. The van der Waals surface area contributed by atoms with E-state index in [2.05, 4.69) is 11.8 Å². The Hall–Kier alpha value is -0.970. The van der Waals surface area contributed by atoms with Crippen LogP contribution in [0.4, 0.5) is 4.39 Å². The van der Waals surface area contributed by atoms with Gasteiger partial charge in [-0.25, -0.2) is 4.39 Å². The molecule has 1 atom stereocenters. The van der Waals surface area contributed by atoms with E-state index >= 15 is 0 Å². The zero-order valence-electron chi connectivity index (χ0n) is 12.2. The molecular formula is C16H25FN2O. The van der Waals surface area contributed by atoms with Crippen molar-refractivity contribution in [2.24, 2.45) is 5.73 Å². The Morgan fingerprint density at radius 3 is 2.80 bits per heavy atom. The molecule has 0 amide bonds. The topological polar surface area (TPSA) is 38.5 Å². The monoisotopic (exact) mass is 280 g/mol. The second kappa shape index (κ2) is 7.72. The summed E-state index contributed by atoms with van der Waals surface area (Å²) in [6.07, 6.45) is 3.38. The number of hydrogen-bond acceptors (Lipinski definition) is 3. The highest BCUT2D eigenvalue weighted by Crippen LogP contribution is 2.25. The van der Waals surface area contributed by atoms with Crippen molar-refractivity contribution in [3.8, 4) is 0 Å². The standard InChI is InChI=1S/C16H25FN2O/c1-13(14-4-2-5-15(17)12-14)19-9-6-16(7-10-19)20-11-3-8-18/h2,4-5,12-13,16H,3,6-11,18H2,1H3. The van der Waals surface area contributed by atoms with E-state index < -0.39 is 0 Å². The van der Waals surface area contributed by atoms with Gasteiger partial charge in [-0.3, -0.25) is 4.90 Å². The van der Waals surface area contributed by atoms with Crippen LogP contribution in [-0.4, -0.2) is 37.2 Å². The van der Waals surface area contributed by atoms with Crippen molar-refractivity contribution in [3.05, 3.63) is 35.6 Å². The van der Waals surface area contributed by atoms with Crippen LogP contribution in [0, 0.1) is 5.82 Å². The van der Waals surface area contributed by atoms with Crippen LogP contribution in [0.1, 0.15) is 37.8 Å². The molecule has 0 radical (unpaired) electrons. The fraction of sp³-hybridized carbons (Fsp3) is 0.625. The molecule has 0 aliphatic carbocycles. The Morgan fingerprint density at radius 1 is 1.40 bits per heavy atom. The van der Waals surface area contributed by atoms with Crippen LogP contribution in [-0.2, 0) is 4.74 Å². The van der Waals surface area contributed by atoms with E-state index in [1.807, 2.05) is 6.07 Å². The second-order valence-electron chi connectivity index (χ2n) is 5.48. The summed E-state index contributed by atoms with van der Waals surface area (Å²) < 4.78 is 19.1. The van der Waals surface area contributed by atoms with E-state index in [1.54, 1.807) is 12.1 Å². The maximum Gasteiger partial charge on any atom is 0.123 e. The summed E-state index contributed by atoms with van der Waals surface area (Å²) in [5.74, 6) is -0.158. The largest absolute Gasteiger partial charge is 0.378 e. The summed E-state index contributed by atoms with van der Waals surface area (Å²) in [6.45, 7) is 5.61. The molecule has 1 saturated heterocycles. The van der Waals surface area contributed by atoms with E-state index in [0.29, 0.717) is 12.6 Å². The summed E-state index contributed by atoms with van der Waals surface area (Å²) in [5.41, 5.74) is 6.51. The molecular weight excluding hydrogens is 255 g/mol. The summed E-state index contributed by atoms with van der Waals surface area (Å²) in [5, 5.41) is 0. The van der Waals surface area contributed by atoms with Gasteiger partial charge >= 0.3 is 0 Å². The van der Waals surface area contributed by atoms with Crippen molar-refractivity contribution in [2.75, 3.05) is 26.2 Å². The van der Waals surface area contributed by atoms with E-state index in [-0.39, 0.29) is 11.9 Å². The van der Waals surface area contributed by atoms with Gasteiger partial charge < -0.3 is 10.5 Å². The molecule has 1 aliphatic rings. The first-order chi connectivity index (χ1) is 9.70. The highest BCUT2D eigenvalue weighted by Gasteiger charge is 2.23. The molecule has 1 fully saturated rings. The highest BCUT2D eigenvalue weighted by atomic mass is 19.1. The fourth-order valence-corrected chi connectivity index (χ4v) is 2.74. The van der Waals surface area contributed by atoms with E-state index in [1.165, 1.54) is 6.07 Å². The molecule has 1 aliphatic heterocycles. The minimum absolute atomic E-state index is 0.158. The molecule has 1 heterocycles. The van der Waals surface area contributed by atoms with Crippen molar-refractivity contribution in [3.63, 3.8) is 0 Å². The normalized spacial score (nSPS) is 19.1. The first-order valence-electron chi connectivity index (χ1n) is 7.52. The number of ether oxygens (including phenoxy) is 1.